The molecular formula is C11H19ClN2O. The molecule has 4 atom stereocenters. The van der Waals surface area contributed by atoms with Crippen LogP contribution in [0.4, 0.5) is 0 Å². The quantitative estimate of drug-likeness (QED) is 0.726. The van der Waals surface area contributed by atoms with Gasteiger partial charge in [0.15, 0.2) is 0 Å². The van der Waals surface area contributed by atoms with Crippen LogP contribution in [0.1, 0.15) is 19.8 Å². The van der Waals surface area contributed by atoms with E-state index in [4.69, 9.17) is 0 Å². The molecule has 2 aliphatic heterocycles. The number of carbonyl (C=O) groups excluding carboxylic acids is 1. The lowest BCUT2D eigenvalue weighted by molar-refractivity contribution is -0.133. The second kappa shape index (κ2) is 3.95. The fraction of sp³-hybridized carbons (Fsp3) is 0.909. The second-order valence-electron chi connectivity index (χ2n) is 5.03. The Morgan fingerprint density at radius 1 is 1.33 bits per heavy atom. The summed E-state index contributed by atoms with van der Waals surface area (Å²) in [5, 5.41) is 3.34. The number of amides is 1. The van der Waals surface area contributed by atoms with Gasteiger partial charge >= 0.3 is 0 Å². The summed E-state index contributed by atoms with van der Waals surface area (Å²) in [6.45, 7) is 5.33. The first-order chi connectivity index (χ1) is 6.79. The third-order valence-corrected chi connectivity index (χ3v) is 4.21. The molecule has 1 N–H and O–H groups in total. The van der Waals surface area contributed by atoms with Crippen molar-refractivity contribution in [3.05, 3.63) is 0 Å². The van der Waals surface area contributed by atoms with E-state index in [0.717, 1.165) is 19.6 Å². The van der Waals surface area contributed by atoms with Gasteiger partial charge in [0.2, 0.25) is 5.91 Å². The summed E-state index contributed by atoms with van der Waals surface area (Å²) in [5.41, 5.74) is 0. The predicted octanol–water partition coefficient (Wildman–Crippen LogP) is 0.884. The number of rotatable bonds is 1. The van der Waals surface area contributed by atoms with Crippen LogP contribution in [0.15, 0.2) is 0 Å². The fourth-order valence-corrected chi connectivity index (χ4v) is 3.24. The average Bonchev–Trinajstić information content (AvgIpc) is 2.57. The minimum atomic E-state index is 0. The molecule has 2 saturated heterocycles. The van der Waals surface area contributed by atoms with Gasteiger partial charge in [0.25, 0.3) is 0 Å². The number of fused-ring (bicyclic) bond motifs is 1. The van der Waals surface area contributed by atoms with Gasteiger partial charge in [-0.05, 0) is 44.7 Å². The molecule has 0 aromatic heterocycles. The Morgan fingerprint density at radius 2 is 2.00 bits per heavy atom. The monoisotopic (exact) mass is 230 g/mol. The molecule has 3 rings (SSSR count). The van der Waals surface area contributed by atoms with E-state index in [2.05, 4.69) is 17.1 Å². The van der Waals surface area contributed by atoms with Gasteiger partial charge in [-0.25, -0.2) is 0 Å². The van der Waals surface area contributed by atoms with Gasteiger partial charge in [-0.2, -0.15) is 0 Å². The summed E-state index contributed by atoms with van der Waals surface area (Å²) in [7, 11) is 0. The lowest BCUT2D eigenvalue weighted by Gasteiger charge is -2.22. The van der Waals surface area contributed by atoms with Crippen molar-refractivity contribution in [2.75, 3.05) is 19.6 Å². The van der Waals surface area contributed by atoms with Gasteiger partial charge in [-0.3, -0.25) is 4.79 Å². The van der Waals surface area contributed by atoms with Crippen molar-refractivity contribution in [1.82, 2.24) is 10.2 Å². The first-order valence-electron chi connectivity index (χ1n) is 5.80. The first-order valence-corrected chi connectivity index (χ1v) is 5.80. The molecule has 1 aliphatic carbocycles. The summed E-state index contributed by atoms with van der Waals surface area (Å²) >= 11 is 0. The molecule has 4 heteroatoms. The normalized spacial score (nSPS) is 42.3. The standard InChI is InChI=1S/C11H18N2O.ClH/c1-7-3-2-4-13(7)11(14)10-8-5-12-6-9(8)10;/h7-10,12H,2-6H2,1H3;1H/t7-,8-,9+,10?;/m1./s1. The Morgan fingerprint density at radius 3 is 2.53 bits per heavy atom. The number of halogens is 1. The minimum Gasteiger partial charge on any atom is -0.340 e. The maximum atomic E-state index is 12.1. The molecule has 0 aromatic carbocycles. The van der Waals surface area contributed by atoms with E-state index in [1.165, 1.54) is 12.8 Å². The van der Waals surface area contributed by atoms with Crippen LogP contribution in [0.3, 0.4) is 0 Å². The summed E-state index contributed by atoms with van der Waals surface area (Å²) in [6, 6.07) is 0.497. The van der Waals surface area contributed by atoms with E-state index in [1.54, 1.807) is 0 Å². The second-order valence-corrected chi connectivity index (χ2v) is 5.03. The van der Waals surface area contributed by atoms with Crippen LogP contribution in [-0.4, -0.2) is 36.5 Å². The van der Waals surface area contributed by atoms with Crippen molar-refractivity contribution in [2.45, 2.75) is 25.8 Å². The van der Waals surface area contributed by atoms with Crippen molar-refractivity contribution in [3.8, 4) is 0 Å². The summed E-state index contributed by atoms with van der Waals surface area (Å²) in [4.78, 5) is 14.2. The number of nitrogens with zero attached hydrogens (tertiary/aromatic N) is 1. The largest absolute Gasteiger partial charge is 0.340 e. The Labute approximate surface area is 97.0 Å². The molecule has 2 heterocycles. The average molecular weight is 231 g/mol. The van der Waals surface area contributed by atoms with E-state index in [1.807, 2.05) is 0 Å². The third kappa shape index (κ3) is 1.66. The van der Waals surface area contributed by atoms with Crippen LogP contribution >= 0.6 is 12.4 Å². The molecule has 3 nitrogen and oxygen atoms in total. The van der Waals surface area contributed by atoms with Crippen LogP contribution in [0, 0.1) is 17.8 Å². The zero-order valence-corrected chi connectivity index (χ0v) is 9.93. The molecular weight excluding hydrogens is 212 g/mol. The van der Waals surface area contributed by atoms with Gasteiger partial charge in [0, 0.05) is 18.5 Å². The van der Waals surface area contributed by atoms with Crippen molar-refractivity contribution in [2.24, 2.45) is 17.8 Å². The van der Waals surface area contributed by atoms with Crippen molar-refractivity contribution < 1.29 is 4.79 Å². The maximum Gasteiger partial charge on any atom is 0.226 e. The van der Waals surface area contributed by atoms with Crippen LogP contribution in [0.25, 0.3) is 0 Å². The highest BCUT2D eigenvalue weighted by atomic mass is 35.5. The Balaban J connectivity index is 0.000000853. The summed E-state index contributed by atoms with van der Waals surface area (Å²) in [6.07, 6.45) is 2.40. The van der Waals surface area contributed by atoms with Gasteiger partial charge in [0.1, 0.15) is 0 Å². The van der Waals surface area contributed by atoms with Gasteiger partial charge < -0.3 is 10.2 Å². The van der Waals surface area contributed by atoms with Gasteiger partial charge in [-0.1, -0.05) is 0 Å². The number of nitrogens with one attached hydrogen (secondary N) is 1. The van der Waals surface area contributed by atoms with E-state index >= 15 is 0 Å². The lowest BCUT2D eigenvalue weighted by Crippen LogP contribution is -2.37. The molecule has 1 saturated carbocycles. The first kappa shape index (κ1) is 11.2. The van der Waals surface area contributed by atoms with E-state index in [9.17, 15) is 4.79 Å². The van der Waals surface area contributed by atoms with Crippen molar-refractivity contribution >= 4 is 18.3 Å². The number of piperidine rings is 1. The van der Waals surface area contributed by atoms with Crippen LogP contribution in [0.2, 0.25) is 0 Å². The summed E-state index contributed by atoms with van der Waals surface area (Å²) in [5.74, 6) is 2.19. The third-order valence-electron chi connectivity index (χ3n) is 4.21. The Kier molecular flexibility index (Phi) is 2.95. The fourth-order valence-electron chi connectivity index (χ4n) is 3.24. The summed E-state index contributed by atoms with van der Waals surface area (Å²) < 4.78 is 0. The van der Waals surface area contributed by atoms with Crippen molar-refractivity contribution in [3.63, 3.8) is 0 Å². The Hall–Kier alpha value is -0.280. The molecule has 0 bridgehead atoms. The number of hydrogen-bond acceptors (Lipinski definition) is 2. The van der Waals surface area contributed by atoms with Crippen LogP contribution in [0.5, 0.6) is 0 Å². The smallest absolute Gasteiger partial charge is 0.226 e. The predicted molar refractivity (Wildman–Crippen MR) is 61.0 cm³/mol. The molecule has 3 aliphatic rings. The van der Waals surface area contributed by atoms with E-state index in [-0.39, 0.29) is 12.4 Å². The van der Waals surface area contributed by atoms with Crippen LogP contribution < -0.4 is 5.32 Å². The highest BCUT2D eigenvalue weighted by Gasteiger charge is 2.58. The van der Waals surface area contributed by atoms with E-state index in [0.29, 0.717) is 29.7 Å². The highest BCUT2D eigenvalue weighted by Crippen LogP contribution is 2.50. The van der Waals surface area contributed by atoms with Gasteiger partial charge in [0.05, 0.1) is 0 Å². The van der Waals surface area contributed by atoms with Crippen LogP contribution in [-0.2, 0) is 4.79 Å². The van der Waals surface area contributed by atoms with E-state index < -0.39 is 0 Å². The topological polar surface area (TPSA) is 32.3 Å². The zero-order chi connectivity index (χ0) is 9.71. The number of hydrogen-bond donors (Lipinski definition) is 1. The molecule has 1 amide bonds. The number of carbonyl (C=O) groups is 1. The molecule has 0 radical (unpaired) electrons. The minimum absolute atomic E-state index is 0. The zero-order valence-electron chi connectivity index (χ0n) is 9.11. The molecule has 0 aromatic rings. The molecule has 1 unspecified atom stereocenters. The van der Waals surface area contributed by atoms with Gasteiger partial charge in [-0.15, -0.1) is 12.4 Å². The van der Waals surface area contributed by atoms with Crippen molar-refractivity contribution in [1.29, 1.82) is 0 Å². The molecule has 86 valence electrons. The highest BCUT2D eigenvalue weighted by molar-refractivity contribution is 5.85. The number of likely N-dealkylation sites (tertiary alicyclic amines) is 1. The lowest BCUT2D eigenvalue weighted by atomic mass is 10.2. The molecule has 15 heavy (non-hydrogen) atoms. The Bertz CT molecular complexity index is 261. The molecule has 0 spiro atoms. The molecule has 3 fully saturated rings. The maximum absolute atomic E-state index is 12.1. The SMILES string of the molecule is C[C@@H]1CCCN1C(=O)C1[C@H]2CNC[C@@H]12.Cl.